The number of imide groups is 1. The molecule has 0 saturated heterocycles. The summed E-state index contributed by atoms with van der Waals surface area (Å²) in [6.07, 6.45) is 3.50. The molecule has 2 aromatic carbocycles. The van der Waals surface area contributed by atoms with E-state index < -0.39 is 0 Å². The predicted octanol–water partition coefficient (Wildman–Crippen LogP) is 2.47. The van der Waals surface area contributed by atoms with Crippen LogP contribution in [-0.4, -0.2) is 76.1 Å². The molecule has 9 heteroatoms. The Morgan fingerprint density at radius 1 is 0.750 bits per heavy atom. The molecule has 3 rings (SSSR count). The zero-order chi connectivity index (χ0) is 25.8. The Morgan fingerprint density at radius 3 is 1.97 bits per heavy atom. The van der Waals surface area contributed by atoms with Crippen molar-refractivity contribution in [1.29, 1.82) is 0 Å². The Morgan fingerprint density at radius 2 is 1.36 bits per heavy atom. The van der Waals surface area contributed by atoms with Crippen molar-refractivity contribution in [2.45, 2.75) is 25.7 Å². The normalized spacial score (nSPS) is 12.6. The minimum atomic E-state index is -0.186. The van der Waals surface area contributed by atoms with Crippen molar-refractivity contribution in [3.63, 3.8) is 0 Å². The van der Waals surface area contributed by atoms with Crippen molar-refractivity contribution in [3.05, 3.63) is 59.2 Å². The number of methoxy groups -OCH3 is 2. The summed E-state index contributed by atoms with van der Waals surface area (Å²) >= 11 is 0. The fraction of sp³-hybridized carbons (Fsp3) is 0.444. The summed E-state index contributed by atoms with van der Waals surface area (Å²) in [7, 11) is 3.06. The van der Waals surface area contributed by atoms with Crippen LogP contribution in [0.2, 0.25) is 0 Å². The number of para-hydroxylation sites is 1. The second kappa shape index (κ2) is 14.2. The van der Waals surface area contributed by atoms with Gasteiger partial charge in [0.1, 0.15) is 0 Å². The maximum Gasteiger partial charge on any atom is 0.261 e. The van der Waals surface area contributed by atoms with Crippen LogP contribution in [0, 0.1) is 0 Å². The van der Waals surface area contributed by atoms with Gasteiger partial charge in [-0.05, 0) is 76.1 Å². The third kappa shape index (κ3) is 7.05. The molecule has 0 saturated carbocycles. The Labute approximate surface area is 212 Å². The molecule has 36 heavy (non-hydrogen) atoms. The first-order valence-electron chi connectivity index (χ1n) is 12.4. The van der Waals surface area contributed by atoms with E-state index in [0.29, 0.717) is 41.3 Å². The monoisotopic (exact) mass is 496 g/mol. The van der Waals surface area contributed by atoms with Crippen LogP contribution in [-0.2, 0) is 0 Å². The van der Waals surface area contributed by atoms with Crippen LogP contribution >= 0.6 is 0 Å². The predicted molar refractivity (Wildman–Crippen MR) is 138 cm³/mol. The van der Waals surface area contributed by atoms with Crippen LogP contribution in [0.25, 0.3) is 0 Å². The van der Waals surface area contributed by atoms with Gasteiger partial charge in [0.05, 0.1) is 30.9 Å². The maximum absolute atomic E-state index is 12.4. The van der Waals surface area contributed by atoms with Crippen molar-refractivity contribution in [1.82, 2.24) is 20.9 Å². The number of fused-ring (bicyclic) bond motifs is 1. The number of rotatable bonds is 16. The highest BCUT2D eigenvalue weighted by Gasteiger charge is 2.34. The summed E-state index contributed by atoms with van der Waals surface area (Å²) < 4.78 is 10.5. The van der Waals surface area contributed by atoms with Gasteiger partial charge in [0, 0.05) is 13.1 Å². The van der Waals surface area contributed by atoms with Crippen LogP contribution in [0.4, 0.5) is 0 Å². The molecule has 194 valence electrons. The van der Waals surface area contributed by atoms with Gasteiger partial charge < -0.3 is 25.4 Å². The van der Waals surface area contributed by atoms with E-state index in [-0.39, 0.29) is 17.7 Å². The molecule has 3 amide bonds. The standard InChI is InChI=1S/C27H36N4O5/c1-35-23-13-7-12-22(24(23)36-2)25(32)30-18-9-17-29-16-8-15-28-14-5-6-19-31-26(33)20-10-3-4-11-21(20)27(31)34/h3-4,7,10-13,28-29H,5-6,8-9,14-19H2,1-2H3,(H,30,32). The first-order chi connectivity index (χ1) is 17.6. The highest BCUT2D eigenvalue weighted by Crippen LogP contribution is 2.30. The van der Waals surface area contributed by atoms with Gasteiger partial charge in [0.15, 0.2) is 11.5 Å². The summed E-state index contributed by atoms with van der Waals surface area (Å²) in [5.41, 5.74) is 1.47. The lowest BCUT2D eigenvalue weighted by atomic mass is 10.1. The smallest absolute Gasteiger partial charge is 0.261 e. The average molecular weight is 497 g/mol. The van der Waals surface area contributed by atoms with Crippen LogP contribution < -0.4 is 25.4 Å². The lowest BCUT2D eigenvalue weighted by Crippen LogP contribution is -2.31. The minimum Gasteiger partial charge on any atom is -0.493 e. The highest BCUT2D eigenvalue weighted by atomic mass is 16.5. The topological polar surface area (TPSA) is 109 Å². The maximum atomic E-state index is 12.4. The van der Waals surface area contributed by atoms with Crippen molar-refractivity contribution in [2.24, 2.45) is 0 Å². The highest BCUT2D eigenvalue weighted by molar-refractivity contribution is 6.21. The molecule has 1 aliphatic rings. The quantitative estimate of drug-likeness (QED) is 0.242. The Balaban J connectivity index is 1.17. The molecule has 0 aliphatic carbocycles. The molecule has 0 atom stereocenters. The van der Waals surface area contributed by atoms with Crippen LogP contribution in [0.15, 0.2) is 42.5 Å². The lowest BCUT2D eigenvalue weighted by Gasteiger charge is -2.13. The van der Waals surface area contributed by atoms with E-state index in [0.717, 1.165) is 51.9 Å². The van der Waals surface area contributed by atoms with E-state index in [1.54, 1.807) is 49.6 Å². The number of nitrogens with one attached hydrogen (secondary N) is 3. The van der Waals surface area contributed by atoms with Crippen molar-refractivity contribution < 1.29 is 23.9 Å². The molecule has 0 radical (unpaired) electrons. The number of ether oxygens (including phenoxy) is 2. The summed E-state index contributed by atoms with van der Waals surface area (Å²) in [5.74, 6) is 0.413. The second-order valence-corrected chi connectivity index (χ2v) is 8.52. The molecular formula is C27H36N4O5. The van der Waals surface area contributed by atoms with Gasteiger partial charge in [0.25, 0.3) is 17.7 Å². The van der Waals surface area contributed by atoms with Gasteiger partial charge in [-0.2, -0.15) is 0 Å². The molecule has 1 heterocycles. The van der Waals surface area contributed by atoms with E-state index in [1.807, 2.05) is 0 Å². The second-order valence-electron chi connectivity index (χ2n) is 8.52. The molecule has 0 spiro atoms. The number of carbonyl (C=O) groups excluding carboxylic acids is 3. The minimum absolute atomic E-state index is 0.182. The summed E-state index contributed by atoms with van der Waals surface area (Å²) in [6.45, 7) is 4.47. The fourth-order valence-corrected chi connectivity index (χ4v) is 4.13. The van der Waals surface area contributed by atoms with Gasteiger partial charge in [0.2, 0.25) is 0 Å². The Hall–Kier alpha value is -3.43. The van der Waals surface area contributed by atoms with Crippen molar-refractivity contribution in [3.8, 4) is 11.5 Å². The lowest BCUT2D eigenvalue weighted by molar-refractivity contribution is 0.0651. The molecule has 0 bridgehead atoms. The number of amides is 3. The molecular weight excluding hydrogens is 460 g/mol. The third-order valence-electron chi connectivity index (χ3n) is 6.03. The summed E-state index contributed by atoms with van der Waals surface area (Å²) in [4.78, 5) is 38.5. The number of hydrogen-bond acceptors (Lipinski definition) is 7. The molecule has 9 nitrogen and oxygen atoms in total. The van der Waals surface area contributed by atoms with Gasteiger partial charge in [-0.3, -0.25) is 19.3 Å². The van der Waals surface area contributed by atoms with Crippen LogP contribution in [0.1, 0.15) is 56.8 Å². The van der Waals surface area contributed by atoms with Crippen LogP contribution in [0.5, 0.6) is 11.5 Å². The molecule has 0 unspecified atom stereocenters. The molecule has 0 fully saturated rings. The van der Waals surface area contributed by atoms with E-state index >= 15 is 0 Å². The Bertz CT molecular complexity index is 1010. The fourth-order valence-electron chi connectivity index (χ4n) is 4.13. The van der Waals surface area contributed by atoms with E-state index in [1.165, 1.54) is 12.0 Å². The SMILES string of the molecule is COc1cccc(C(=O)NCCCNCCCNCCCCN2C(=O)c3ccccc3C2=O)c1OC. The molecule has 1 aliphatic heterocycles. The number of hydrogen-bond donors (Lipinski definition) is 3. The zero-order valence-corrected chi connectivity index (χ0v) is 21.1. The van der Waals surface area contributed by atoms with Gasteiger partial charge in [-0.1, -0.05) is 18.2 Å². The largest absolute Gasteiger partial charge is 0.493 e. The van der Waals surface area contributed by atoms with Crippen LogP contribution in [0.3, 0.4) is 0 Å². The van der Waals surface area contributed by atoms with Crippen molar-refractivity contribution >= 4 is 17.7 Å². The number of nitrogens with zero attached hydrogens (tertiary/aromatic N) is 1. The van der Waals surface area contributed by atoms with Gasteiger partial charge in [-0.25, -0.2) is 0 Å². The summed E-state index contributed by atoms with van der Waals surface area (Å²) in [6, 6.07) is 12.2. The third-order valence-corrected chi connectivity index (χ3v) is 6.03. The Kier molecular flexibility index (Phi) is 10.7. The van der Waals surface area contributed by atoms with E-state index in [4.69, 9.17) is 9.47 Å². The molecule has 2 aromatic rings. The number of benzene rings is 2. The zero-order valence-electron chi connectivity index (χ0n) is 21.1. The number of unbranched alkanes of at least 4 members (excludes halogenated alkanes) is 1. The summed E-state index contributed by atoms with van der Waals surface area (Å²) in [5, 5.41) is 9.69. The molecule has 3 N–H and O–H groups in total. The van der Waals surface area contributed by atoms with Gasteiger partial charge in [-0.15, -0.1) is 0 Å². The van der Waals surface area contributed by atoms with E-state index in [9.17, 15) is 14.4 Å². The number of carbonyl (C=O) groups is 3. The van der Waals surface area contributed by atoms with E-state index in [2.05, 4.69) is 16.0 Å². The first-order valence-corrected chi connectivity index (χ1v) is 12.4. The first kappa shape index (κ1) is 27.2. The van der Waals surface area contributed by atoms with Gasteiger partial charge >= 0.3 is 0 Å². The molecule has 0 aromatic heterocycles. The van der Waals surface area contributed by atoms with Crippen molar-refractivity contribution in [2.75, 3.05) is 53.5 Å². The average Bonchev–Trinajstić information content (AvgIpc) is 3.15.